The van der Waals surface area contributed by atoms with Gasteiger partial charge in [0.25, 0.3) is 0 Å². The Morgan fingerprint density at radius 3 is 2.81 bits per heavy atom. The van der Waals surface area contributed by atoms with Gasteiger partial charge in [0.15, 0.2) is 10.6 Å². The SMILES string of the molecule is Cc1c(O)ccc(-c2csc(=Nc3ccn[nH]3)n2C)c1O. The highest BCUT2D eigenvalue weighted by atomic mass is 32.1. The van der Waals surface area contributed by atoms with Crippen LogP contribution in [0.15, 0.2) is 34.8 Å². The number of phenols is 2. The first-order chi connectivity index (χ1) is 10.1. The number of hydrogen-bond acceptors (Lipinski definition) is 5. The van der Waals surface area contributed by atoms with Gasteiger partial charge in [-0.15, -0.1) is 11.3 Å². The number of aromatic nitrogens is 3. The van der Waals surface area contributed by atoms with Crippen LogP contribution in [0, 0.1) is 6.92 Å². The predicted octanol–water partition coefficient (Wildman–Crippen LogP) is 2.43. The molecule has 108 valence electrons. The molecule has 0 radical (unpaired) electrons. The van der Waals surface area contributed by atoms with E-state index in [4.69, 9.17) is 0 Å². The molecule has 2 heterocycles. The molecular formula is C14H14N4O2S. The first kappa shape index (κ1) is 13.4. The van der Waals surface area contributed by atoms with Crippen molar-refractivity contribution in [3.8, 4) is 22.8 Å². The molecule has 3 aromatic rings. The lowest BCUT2D eigenvalue weighted by Crippen LogP contribution is -2.11. The third-order valence-electron chi connectivity index (χ3n) is 3.30. The summed E-state index contributed by atoms with van der Waals surface area (Å²) in [6.07, 6.45) is 1.64. The van der Waals surface area contributed by atoms with Crippen molar-refractivity contribution in [2.45, 2.75) is 6.92 Å². The molecule has 0 aliphatic carbocycles. The minimum absolute atomic E-state index is 0.0801. The lowest BCUT2D eigenvalue weighted by Gasteiger charge is -2.09. The van der Waals surface area contributed by atoms with E-state index in [1.165, 1.54) is 11.3 Å². The molecule has 21 heavy (non-hydrogen) atoms. The van der Waals surface area contributed by atoms with Gasteiger partial charge in [-0.05, 0) is 19.1 Å². The Morgan fingerprint density at radius 1 is 1.29 bits per heavy atom. The normalized spacial score (nSPS) is 12.0. The van der Waals surface area contributed by atoms with Crippen LogP contribution < -0.4 is 4.80 Å². The summed E-state index contributed by atoms with van der Waals surface area (Å²) in [5.74, 6) is 0.832. The number of aromatic hydroxyl groups is 2. The third-order valence-corrected chi connectivity index (χ3v) is 4.22. The highest BCUT2D eigenvalue weighted by molar-refractivity contribution is 7.07. The maximum atomic E-state index is 10.2. The fourth-order valence-electron chi connectivity index (χ4n) is 2.03. The minimum Gasteiger partial charge on any atom is -0.508 e. The second kappa shape index (κ2) is 5.10. The van der Waals surface area contributed by atoms with E-state index in [0.717, 1.165) is 10.5 Å². The van der Waals surface area contributed by atoms with Crippen LogP contribution in [0.25, 0.3) is 11.3 Å². The standard InChI is InChI=1S/C14H14N4O2S/c1-8-11(19)4-3-9(13(8)20)10-7-21-14(18(10)2)16-12-5-6-15-17-12/h3-7,19-20H,1-2H3,(H,15,17). The first-order valence-corrected chi connectivity index (χ1v) is 7.16. The number of nitrogens with zero attached hydrogens (tertiary/aromatic N) is 3. The van der Waals surface area contributed by atoms with Crippen LogP contribution in [-0.2, 0) is 7.05 Å². The van der Waals surface area contributed by atoms with E-state index >= 15 is 0 Å². The Hall–Kier alpha value is -2.54. The van der Waals surface area contributed by atoms with Gasteiger partial charge in [-0.25, -0.2) is 4.99 Å². The van der Waals surface area contributed by atoms with Crippen molar-refractivity contribution in [2.24, 2.45) is 12.0 Å². The largest absolute Gasteiger partial charge is 0.508 e. The van der Waals surface area contributed by atoms with Gasteiger partial charge in [0.1, 0.15) is 11.5 Å². The van der Waals surface area contributed by atoms with Crippen molar-refractivity contribution in [3.05, 3.63) is 40.1 Å². The van der Waals surface area contributed by atoms with Crippen LogP contribution in [0.1, 0.15) is 5.56 Å². The molecule has 1 aromatic carbocycles. The zero-order chi connectivity index (χ0) is 15.0. The Morgan fingerprint density at radius 2 is 2.10 bits per heavy atom. The minimum atomic E-state index is 0.0801. The number of hydrogen-bond donors (Lipinski definition) is 3. The lowest BCUT2D eigenvalue weighted by atomic mass is 10.1. The van der Waals surface area contributed by atoms with E-state index in [-0.39, 0.29) is 11.5 Å². The number of aromatic amines is 1. The molecule has 7 heteroatoms. The molecule has 0 atom stereocenters. The molecular weight excluding hydrogens is 288 g/mol. The van der Waals surface area contributed by atoms with Crippen molar-refractivity contribution in [3.63, 3.8) is 0 Å². The molecule has 2 aromatic heterocycles. The van der Waals surface area contributed by atoms with Crippen LogP contribution in [0.3, 0.4) is 0 Å². The van der Waals surface area contributed by atoms with Crippen LogP contribution in [-0.4, -0.2) is 25.0 Å². The molecule has 3 N–H and O–H groups in total. The monoisotopic (exact) mass is 302 g/mol. The predicted molar refractivity (Wildman–Crippen MR) is 80.6 cm³/mol. The van der Waals surface area contributed by atoms with Crippen LogP contribution in [0.4, 0.5) is 5.82 Å². The molecule has 0 spiro atoms. The van der Waals surface area contributed by atoms with Gasteiger partial charge >= 0.3 is 0 Å². The molecule has 0 aliphatic heterocycles. The van der Waals surface area contributed by atoms with E-state index in [9.17, 15) is 10.2 Å². The zero-order valence-electron chi connectivity index (χ0n) is 11.5. The summed E-state index contributed by atoms with van der Waals surface area (Å²) in [5, 5.41) is 28.4. The molecule has 0 bridgehead atoms. The summed E-state index contributed by atoms with van der Waals surface area (Å²) in [4.78, 5) is 5.23. The van der Waals surface area contributed by atoms with E-state index in [1.54, 1.807) is 31.3 Å². The summed E-state index contributed by atoms with van der Waals surface area (Å²) in [5.41, 5.74) is 1.96. The van der Waals surface area contributed by atoms with E-state index < -0.39 is 0 Å². The summed E-state index contributed by atoms with van der Waals surface area (Å²) in [6.45, 7) is 1.68. The fraction of sp³-hybridized carbons (Fsp3) is 0.143. The molecule has 0 aliphatic rings. The summed E-state index contributed by atoms with van der Waals surface area (Å²) >= 11 is 1.46. The molecule has 0 saturated heterocycles. The van der Waals surface area contributed by atoms with Crippen molar-refractivity contribution >= 4 is 17.2 Å². The van der Waals surface area contributed by atoms with Gasteiger partial charge in [0.05, 0.1) is 11.9 Å². The van der Waals surface area contributed by atoms with E-state index in [1.807, 2.05) is 17.0 Å². The highest BCUT2D eigenvalue weighted by Gasteiger charge is 2.13. The van der Waals surface area contributed by atoms with E-state index in [0.29, 0.717) is 16.9 Å². The van der Waals surface area contributed by atoms with Crippen molar-refractivity contribution in [2.75, 3.05) is 0 Å². The summed E-state index contributed by atoms with van der Waals surface area (Å²) in [6, 6.07) is 5.05. The Labute approximate surface area is 124 Å². The second-order valence-electron chi connectivity index (χ2n) is 4.62. The number of rotatable bonds is 2. The number of nitrogens with one attached hydrogen (secondary N) is 1. The smallest absolute Gasteiger partial charge is 0.191 e. The Bertz CT molecular complexity index is 846. The number of thiazole rings is 1. The van der Waals surface area contributed by atoms with E-state index in [2.05, 4.69) is 15.2 Å². The number of H-pyrrole nitrogens is 1. The lowest BCUT2D eigenvalue weighted by molar-refractivity contribution is 0.444. The molecule has 0 saturated carbocycles. The summed E-state index contributed by atoms with van der Waals surface area (Å²) in [7, 11) is 1.88. The molecule has 0 unspecified atom stereocenters. The summed E-state index contributed by atoms with van der Waals surface area (Å²) < 4.78 is 1.89. The Kier molecular flexibility index (Phi) is 3.26. The van der Waals surface area contributed by atoms with Gasteiger partial charge in [-0.2, -0.15) is 5.10 Å². The molecule has 6 nitrogen and oxygen atoms in total. The Balaban J connectivity index is 2.14. The van der Waals surface area contributed by atoms with Gasteiger partial charge in [-0.3, -0.25) is 5.10 Å². The molecule has 3 rings (SSSR count). The van der Waals surface area contributed by atoms with Gasteiger partial charge in [0.2, 0.25) is 0 Å². The topological polar surface area (TPSA) is 86.4 Å². The van der Waals surface area contributed by atoms with Crippen LogP contribution in [0.5, 0.6) is 11.5 Å². The zero-order valence-corrected chi connectivity index (χ0v) is 12.3. The second-order valence-corrected chi connectivity index (χ2v) is 5.46. The highest BCUT2D eigenvalue weighted by Crippen LogP contribution is 2.36. The molecule has 0 amide bonds. The maximum Gasteiger partial charge on any atom is 0.191 e. The average Bonchev–Trinajstić information content (AvgIpc) is 3.09. The third kappa shape index (κ3) is 2.31. The van der Waals surface area contributed by atoms with Crippen LogP contribution in [0.2, 0.25) is 0 Å². The molecule has 0 fully saturated rings. The van der Waals surface area contributed by atoms with Crippen molar-refractivity contribution in [1.29, 1.82) is 0 Å². The maximum absolute atomic E-state index is 10.2. The quantitative estimate of drug-likeness (QED) is 0.679. The van der Waals surface area contributed by atoms with Gasteiger partial charge < -0.3 is 14.8 Å². The number of phenolic OH excluding ortho intramolecular Hbond substituents is 2. The van der Waals surface area contributed by atoms with Crippen molar-refractivity contribution < 1.29 is 10.2 Å². The van der Waals surface area contributed by atoms with Gasteiger partial charge in [-0.1, -0.05) is 0 Å². The fourth-order valence-corrected chi connectivity index (χ4v) is 2.93. The average molecular weight is 302 g/mol. The first-order valence-electron chi connectivity index (χ1n) is 6.28. The van der Waals surface area contributed by atoms with Crippen LogP contribution >= 0.6 is 11.3 Å². The van der Waals surface area contributed by atoms with Crippen molar-refractivity contribution in [1.82, 2.24) is 14.8 Å². The number of benzene rings is 1. The van der Waals surface area contributed by atoms with Gasteiger partial charge in [0, 0.05) is 29.6 Å².